The summed E-state index contributed by atoms with van der Waals surface area (Å²) in [7, 11) is 0. The normalized spacial score (nSPS) is 12.2. The van der Waals surface area contributed by atoms with Gasteiger partial charge in [-0.3, -0.25) is 0 Å². The molecule has 0 amide bonds. The molecular formula is C14H13Br2NO. The lowest BCUT2D eigenvalue weighted by molar-refractivity contribution is 0.479. The molecule has 0 aliphatic heterocycles. The Balaban J connectivity index is 2.26. The SMILES string of the molecule is C[C@@H](N)c1ccc(Oc2ccccc2Br)cc1Br. The third kappa shape index (κ3) is 3.13. The number of rotatable bonds is 3. The van der Waals surface area contributed by atoms with Crippen molar-refractivity contribution < 1.29 is 4.74 Å². The Hall–Kier alpha value is -0.840. The predicted octanol–water partition coefficient (Wildman–Crippen LogP) is 5.02. The average Bonchev–Trinajstić information content (AvgIpc) is 2.32. The Morgan fingerprint density at radius 2 is 1.78 bits per heavy atom. The first kappa shape index (κ1) is 13.6. The van der Waals surface area contributed by atoms with Crippen molar-refractivity contribution in [2.24, 2.45) is 5.73 Å². The van der Waals surface area contributed by atoms with Gasteiger partial charge in [-0.15, -0.1) is 0 Å². The molecule has 0 aliphatic rings. The zero-order valence-electron chi connectivity index (χ0n) is 9.86. The maximum Gasteiger partial charge on any atom is 0.141 e. The van der Waals surface area contributed by atoms with E-state index in [9.17, 15) is 0 Å². The van der Waals surface area contributed by atoms with E-state index in [0.717, 1.165) is 26.0 Å². The van der Waals surface area contributed by atoms with Gasteiger partial charge in [-0.05, 0) is 52.7 Å². The van der Waals surface area contributed by atoms with Crippen LogP contribution in [0.4, 0.5) is 0 Å². The minimum absolute atomic E-state index is 0.00288. The van der Waals surface area contributed by atoms with Crippen molar-refractivity contribution in [3.05, 3.63) is 57.0 Å². The third-order valence-electron chi connectivity index (χ3n) is 2.53. The minimum Gasteiger partial charge on any atom is -0.456 e. The van der Waals surface area contributed by atoms with E-state index in [-0.39, 0.29) is 6.04 Å². The summed E-state index contributed by atoms with van der Waals surface area (Å²) in [4.78, 5) is 0. The smallest absolute Gasteiger partial charge is 0.141 e. The van der Waals surface area contributed by atoms with E-state index in [1.165, 1.54) is 0 Å². The van der Waals surface area contributed by atoms with E-state index in [1.807, 2.05) is 49.4 Å². The Labute approximate surface area is 123 Å². The summed E-state index contributed by atoms with van der Waals surface area (Å²) in [5.74, 6) is 1.57. The second-order valence-electron chi connectivity index (χ2n) is 4.00. The van der Waals surface area contributed by atoms with Crippen LogP contribution in [-0.2, 0) is 0 Å². The first-order valence-electron chi connectivity index (χ1n) is 5.55. The Morgan fingerprint density at radius 1 is 1.06 bits per heavy atom. The average molecular weight is 371 g/mol. The summed E-state index contributed by atoms with van der Waals surface area (Å²) < 4.78 is 7.70. The minimum atomic E-state index is -0.00288. The van der Waals surface area contributed by atoms with Crippen LogP contribution >= 0.6 is 31.9 Å². The van der Waals surface area contributed by atoms with E-state index in [1.54, 1.807) is 0 Å². The number of hydrogen-bond acceptors (Lipinski definition) is 2. The molecular weight excluding hydrogens is 358 g/mol. The molecule has 0 aromatic heterocycles. The first-order valence-corrected chi connectivity index (χ1v) is 7.14. The van der Waals surface area contributed by atoms with Gasteiger partial charge in [0.05, 0.1) is 4.47 Å². The van der Waals surface area contributed by atoms with Gasteiger partial charge in [0.1, 0.15) is 11.5 Å². The first-order chi connectivity index (χ1) is 8.58. The highest BCUT2D eigenvalue weighted by atomic mass is 79.9. The van der Waals surface area contributed by atoms with Gasteiger partial charge >= 0.3 is 0 Å². The number of nitrogens with two attached hydrogens (primary N) is 1. The van der Waals surface area contributed by atoms with Gasteiger partial charge in [-0.25, -0.2) is 0 Å². The fourth-order valence-electron chi connectivity index (χ4n) is 1.60. The molecule has 2 rings (SSSR count). The number of halogens is 2. The number of ether oxygens (including phenoxy) is 1. The molecule has 0 spiro atoms. The van der Waals surface area contributed by atoms with Crippen LogP contribution in [0.5, 0.6) is 11.5 Å². The van der Waals surface area contributed by atoms with Crippen molar-refractivity contribution in [3.8, 4) is 11.5 Å². The zero-order valence-corrected chi connectivity index (χ0v) is 13.0. The summed E-state index contributed by atoms with van der Waals surface area (Å²) in [5, 5.41) is 0. The zero-order chi connectivity index (χ0) is 13.1. The van der Waals surface area contributed by atoms with Crippen LogP contribution in [0.15, 0.2) is 51.4 Å². The molecule has 0 aliphatic carbocycles. The quantitative estimate of drug-likeness (QED) is 0.822. The molecule has 0 bridgehead atoms. The lowest BCUT2D eigenvalue weighted by atomic mass is 10.1. The summed E-state index contributed by atoms with van der Waals surface area (Å²) in [5.41, 5.74) is 6.93. The highest BCUT2D eigenvalue weighted by Gasteiger charge is 2.07. The molecule has 4 heteroatoms. The second-order valence-corrected chi connectivity index (χ2v) is 5.71. The van der Waals surface area contributed by atoms with Crippen LogP contribution < -0.4 is 10.5 Å². The highest BCUT2D eigenvalue weighted by Crippen LogP contribution is 2.32. The van der Waals surface area contributed by atoms with Crippen LogP contribution in [0.25, 0.3) is 0 Å². The largest absolute Gasteiger partial charge is 0.456 e. The summed E-state index contributed by atoms with van der Waals surface area (Å²) in [6.07, 6.45) is 0. The van der Waals surface area contributed by atoms with E-state index in [0.29, 0.717) is 0 Å². The molecule has 2 N–H and O–H groups in total. The topological polar surface area (TPSA) is 35.2 Å². The Kier molecular flexibility index (Phi) is 4.43. The van der Waals surface area contributed by atoms with E-state index in [4.69, 9.17) is 10.5 Å². The second kappa shape index (κ2) is 5.87. The molecule has 1 atom stereocenters. The lowest BCUT2D eigenvalue weighted by Crippen LogP contribution is -2.05. The van der Waals surface area contributed by atoms with Crippen LogP contribution in [-0.4, -0.2) is 0 Å². The van der Waals surface area contributed by atoms with Gasteiger partial charge < -0.3 is 10.5 Å². The predicted molar refractivity (Wildman–Crippen MR) is 81.0 cm³/mol. The van der Waals surface area contributed by atoms with E-state index >= 15 is 0 Å². The number of benzene rings is 2. The molecule has 0 saturated carbocycles. The standard InChI is InChI=1S/C14H13Br2NO/c1-9(17)11-7-6-10(8-13(11)16)18-14-5-3-2-4-12(14)15/h2-9H,17H2,1H3/t9-/m1/s1. The molecule has 2 nitrogen and oxygen atoms in total. The van der Waals surface area contributed by atoms with Gasteiger partial charge in [0.2, 0.25) is 0 Å². The van der Waals surface area contributed by atoms with Gasteiger partial charge in [0, 0.05) is 10.5 Å². The van der Waals surface area contributed by atoms with Crippen molar-refractivity contribution >= 4 is 31.9 Å². The van der Waals surface area contributed by atoms with Gasteiger partial charge in [0.15, 0.2) is 0 Å². The lowest BCUT2D eigenvalue weighted by Gasteiger charge is -2.12. The van der Waals surface area contributed by atoms with Crippen LogP contribution in [0.3, 0.4) is 0 Å². The molecule has 94 valence electrons. The van der Waals surface area contributed by atoms with Gasteiger partial charge in [-0.2, -0.15) is 0 Å². The summed E-state index contributed by atoms with van der Waals surface area (Å²) >= 11 is 6.96. The summed E-state index contributed by atoms with van der Waals surface area (Å²) in [6.45, 7) is 1.95. The van der Waals surface area contributed by atoms with Crippen molar-refractivity contribution in [1.82, 2.24) is 0 Å². The molecule has 0 heterocycles. The van der Waals surface area contributed by atoms with Gasteiger partial charge in [-0.1, -0.05) is 34.1 Å². The Bertz CT molecular complexity index is 555. The van der Waals surface area contributed by atoms with Crippen LogP contribution in [0, 0.1) is 0 Å². The van der Waals surface area contributed by atoms with Crippen molar-refractivity contribution in [2.75, 3.05) is 0 Å². The van der Waals surface area contributed by atoms with Gasteiger partial charge in [0.25, 0.3) is 0 Å². The van der Waals surface area contributed by atoms with Crippen molar-refractivity contribution in [2.45, 2.75) is 13.0 Å². The summed E-state index contributed by atoms with van der Waals surface area (Å²) in [6, 6.07) is 13.6. The molecule has 0 fully saturated rings. The molecule has 18 heavy (non-hydrogen) atoms. The molecule has 2 aromatic rings. The molecule has 0 radical (unpaired) electrons. The highest BCUT2D eigenvalue weighted by molar-refractivity contribution is 9.10. The fraction of sp³-hybridized carbons (Fsp3) is 0.143. The monoisotopic (exact) mass is 369 g/mol. The number of hydrogen-bond donors (Lipinski definition) is 1. The van der Waals surface area contributed by atoms with Crippen LogP contribution in [0.2, 0.25) is 0 Å². The molecule has 2 aromatic carbocycles. The molecule has 0 unspecified atom stereocenters. The van der Waals surface area contributed by atoms with E-state index in [2.05, 4.69) is 31.9 Å². The van der Waals surface area contributed by atoms with Crippen molar-refractivity contribution in [3.63, 3.8) is 0 Å². The van der Waals surface area contributed by atoms with E-state index < -0.39 is 0 Å². The molecule has 0 saturated heterocycles. The fourth-order valence-corrected chi connectivity index (χ4v) is 2.68. The third-order valence-corrected chi connectivity index (χ3v) is 3.87. The van der Waals surface area contributed by atoms with Crippen LogP contribution in [0.1, 0.15) is 18.5 Å². The maximum atomic E-state index is 5.86. The number of para-hydroxylation sites is 1. The van der Waals surface area contributed by atoms with Crippen molar-refractivity contribution in [1.29, 1.82) is 0 Å². The maximum absolute atomic E-state index is 5.86. The Morgan fingerprint density at radius 3 is 2.39 bits per heavy atom.